The first-order chi connectivity index (χ1) is 8.52. The highest BCUT2D eigenvalue weighted by Gasteiger charge is 2.18. The molecule has 2 unspecified atom stereocenters. The van der Waals surface area contributed by atoms with Gasteiger partial charge in [-0.3, -0.25) is 0 Å². The second kappa shape index (κ2) is 7.52. The van der Waals surface area contributed by atoms with Gasteiger partial charge in [0, 0.05) is 12.1 Å². The molecule has 0 fully saturated rings. The number of nitrogens with zero attached hydrogens (tertiary/aromatic N) is 2. The molecular formula is C15H27N3. The minimum absolute atomic E-state index is 0.0792. The van der Waals surface area contributed by atoms with Gasteiger partial charge in [-0.1, -0.05) is 30.3 Å². The van der Waals surface area contributed by atoms with Gasteiger partial charge in [0.15, 0.2) is 0 Å². The normalized spacial score (nSPS) is 15.1. The van der Waals surface area contributed by atoms with E-state index in [1.54, 1.807) is 0 Å². The van der Waals surface area contributed by atoms with Crippen LogP contribution in [-0.2, 0) is 0 Å². The molecule has 102 valence electrons. The molecule has 3 nitrogen and oxygen atoms in total. The van der Waals surface area contributed by atoms with E-state index in [1.807, 2.05) is 18.2 Å². The van der Waals surface area contributed by atoms with Gasteiger partial charge >= 0.3 is 0 Å². The number of likely N-dealkylation sites (N-methyl/N-ethyl adjacent to an activating group) is 1. The highest BCUT2D eigenvalue weighted by atomic mass is 15.1. The zero-order valence-corrected chi connectivity index (χ0v) is 12.1. The summed E-state index contributed by atoms with van der Waals surface area (Å²) in [5, 5.41) is 0. The molecule has 0 heterocycles. The molecule has 1 aromatic rings. The van der Waals surface area contributed by atoms with Crippen LogP contribution in [0.4, 0.5) is 0 Å². The van der Waals surface area contributed by atoms with E-state index >= 15 is 0 Å². The number of hydrogen-bond donors (Lipinski definition) is 1. The first kappa shape index (κ1) is 15.2. The topological polar surface area (TPSA) is 32.5 Å². The van der Waals surface area contributed by atoms with E-state index in [9.17, 15) is 0 Å². The molecule has 0 aliphatic rings. The summed E-state index contributed by atoms with van der Waals surface area (Å²) in [5.74, 6) is 0. The fourth-order valence-electron chi connectivity index (χ4n) is 2.07. The van der Waals surface area contributed by atoms with Crippen LogP contribution in [0.25, 0.3) is 0 Å². The number of rotatable bonds is 7. The molecule has 18 heavy (non-hydrogen) atoms. The van der Waals surface area contributed by atoms with Crippen LogP contribution < -0.4 is 5.73 Å². The average Bonchev–Trinajstić information content (AvgIpc) is 2.37. The third-order valence-corrected chi connectivity index (χ3v) is 3.52. The van der Waals surface area contributed by atoms with Crippen molar-refractivity contribution >= 4 is 0 Å². The van der Waals surface area contributed by atoms with Gasteiger partial charge in [0.05, 0.1) is 0 Å². The Morgan fingerprint density at radius 3 is 2.22 bits per heavy atom. The Hall–Kier alpha value is -0.900. The number of nitrogens with two attached hydrogens (primary N) is 1. The maximum Gasteiger partial charge on any atom is 0.0450 e. The van der Waals surface area contributed by atoms with Gasteiger partial charge < -0.3 is 15.5 Å². The monoisotopic (exact) mass is 249 g/mol. The minimum atomic E-state index is 0.0792. The van der Waals surface area contributed by atoms with Gasteiger partial charge in [-0.15, -0.1) is 0 Å². The van der Waals surface area contributed by atoms with Crippen LogP contribution in [0, 0.1) is 0 Å². The fraction of sp³-hybridized carbons (Fsp3) is 0.600. The molecule has 0 amide bonds. The summed E-state index contributed by atoms with van der Waals surface area (Å²) in [6, 6.07) is 10.8. The van der Waals surface area contributed by atoms with Crippen LogP contribution in [0.5, 0.6) is 0 Å². The van der Waals surface area contributed by atoms with Crippen molar-refractivity contribution in [2.45, 2.75) is 25.4 Å². The predicted molar refractivity (Wildman–Crippen MR) is 78.6 cm³/mol. The van der Waals surface area contributed by atoms with Gasteiger partial charge in [-0.2, -0.15) is 0 Å². The Balaban J connectivity index is 2.45. The summed E-state index contributed by atoms with van der Waals surface area (Å²) in [4.78, 5) is 4.57. The minimum Gasteiger partial charge on any atom is -0.323 e. The van der Waals surface area contributed by atoms with Crippen LogP contribution in [0.15, 0.2) is 30.3 Å². The Morgan fingerprint density at radius 1 is 1.06 bits per heavy atom. The van der Waals surface area contributed by atoms with Crippen molar-refractivity contribution in [3.8, 4) is 0 Å². The smallest absolute Gasteiger partial charge is 0.0450 e. The SMILES string of the molecule is CC(C(N)c1ccccc1)N(C)CCCN(C)C. The largest absolute Gasteiger partial charge is 0.323 e. The molecule has 2 N–H and O–H groups in total. The van der Waals surface area contributed by atoms with E-state index in [4.69, 9.17) is 5.73 Å². The zero-order valence-electron chi connectivity index (χ0n) is 12.1. The maximum atomic E-state index is 6.32. The standard InChI is InChI=1S/C15H27N3/c1-13(18(4)12-8-11-17(2)3)15(16)14-9-6-5-7-10-14/h5-7,9-10,13,15H,8,11-12,16H2,1-4H3. The highest BCUT2D eigenvalue weighted by molar-refractivity contribution is 5.19. The fourth-order valence-corrected chi connectivity index (χ4v) is 2.07. The summed E-state index contributed by atoms with van der Waals surface area (Å²) in [6.45, 7) is 4.41. The van der Waals surface area contributed by atoms with E-state index in [1.165, 1.54) is 12.0 Å². The highest BCUT2D eigenvalue weighted by Crippen LogP contribution is 2.17. The van der Waals surface area contributed by atoms with E-state index in [0.29, 0.717) is 6.04 Å². The Bertz CT molecular complexity index is 324. The van der Waals surface area contributed by atoms with Gasteiger partial charge in [0.1, 0.15) is 0 Å². The molecule has 0 bridgehead atoms. The van der Waals surface area contributed by atoms with Crippen molar-refractivity contribution in [2.75, 3.05) is 34.2 Å². The first-order valence-electron chi connectivity index (χ1n) is 6.68. The van der Waals surface area contributed by atoms with Gasteiger partial charge in [0.2, 0.25) is 0 Å². The van der Waals surface area contributed by atoms with Crippen molar-refractivity contribution in [1.29, 1.82) is 0 Å². The van der Waals surface area contributed by atoms with Crippen LogP contribution in [0.2, 0.25) is 0 Å². The molecule has 0 aliphatic heterocycles. The molecule has 3 heteroatoms. The van der Waals surface area contributed by atoms with Crippen molar-refractivity contribution in [2.24, 2.45) is 5.73 Å². The second-order valence-electron chi connectivity index (χ2n) is 5.31. The molecular weight excluding hydrogens is 222 g/mol. The van der Waals surface area contributed by atoms with E-state index in [0.717, 1.165) is 13.1 Å². The molecule has 0 radical (unpaired) electrons. The quantitative estimate of drug-likeness (QED) is 0.802. The molecule has 0 aromatic heterocycles. The van der Waals surface area contributed by atoms with Crippen molar-refractivity contribution in [3.05, 3.63) is 35.9 Å². The van der Waals surface area contributed by atoms with Crippen molar-refractivity contribution < 1.29 is 0 Å². The number of benzene rings is 1. The molecule has 1 aromatic carbocycles. The van der Waals surface area contributed by atoms with Crippen LogP contribution in [0.1, 0.15) is 24.9 Å². The van der Waals surface area contributed by atoms with Crippen LogP contribution >= 0.6 is 0 Å². The molecule has 1 rings (SSSR count). The molecule has 2 atom stereocenters. The van der Waals surface area contributed by atoms with Gasteiger partial charge in [0.25, 0.3) is 0 Å². The van der Waals surface area contributed by atoms with Crippen LogP contribution in [-0.4, -0.2) is 50.1 Å². The third-order valence-electron chi connectivity index (χ3n) is 3.52. The summed E-state index contributed by atoms with van der Waals surface area (Å²) in [6.07, 6.45) is 1.18. The molecule has 0 saturated heterocycles. The van der Waals surface area contributed by atoms with E-state index in [2.05, 4.69) is 50.0 Å². The summed E-state index contributed by atoms with van der Waals surface area (Å²) in [5.41, 5.74) is 7.53. The predicted octanol–water partition coefficient (Wildman–Crippen LogP) is 1.96. The first-order valence-corrected chi connectivity index (χ1v) is 6.68. The summed E-state index contributed by atoms with van der Waals surface area (Å²) >= 11 is 0. The third kappa shape index (κ3) is 4.77. The lowest BCUT2D eigenvalue weighted by Gasteiger charge is -2.30. The second-order valence-corrected chi connectivity index (χ2v) is 5.31. The summed E-state index contributed by atoms with van der Waals surface area (Å²) in [7, 11) is 6.38. The lowest BCUT2D eigenvalue weighted by atomic mass is 10.0. The lowest BCUT2D eigenvalue weighted by molar-refractivity contribution is 0.215. The van der Waals surface area contributed by atoms with Crippen molar-refractivity contribution in [3.63, 3.8) is 0 Å². The number of hydrogen-bond acceptors (Lipinski definition) is 3. The Morgan fingerprint density at radius 2 is 1.67 bits per heavy atom. The molecule has 0 saturated carbocycles. The van der Waals surface area contributed by atoms with Gasteiger partial charge in [-0.05, 0) is 53.1 Å². The lowest BCUT2D eigenvalue weighted by Crippen LogP contribution is -2.39. The Labute approximate surface area is 112 Å². The van der Waals surface area contributed by atoms with Gasteiger partial charge in [-0.25, -0.2) is 0 Å². The average molecular weight is 249 g/mol. The molecule has 0 spiro atoms. The maximum absolute atomic E-state index is 6.32. The zero-order chi connectivity index (χ0) is 13.5. The van der Waals surface area contributed by atoms with Crippen LogP contribution in [0.3, 0.4) is 0 Å². The summed E-state index contributed by atoms with van der Waals surface area (Å²) < 4.78 is 0. The van der Waals surface area contributed by atoms with E-state index in [-0.39, 0.29) is 6.04 Å². The molecule has 0 aliphatic carbocycles. The van der Waals surface area contributed by atoms with E-state index < -0.39 is 0 Å². The Kier molecular flexibility index (Phi) is 6.33. The van der Waals surface area contributed by atoms with Crippen molar-refractivity contribution in [1.82, 2.24) is 9.80 Å².